The lowest BCUT2D eigenvalue weighted by Crippen LogP contribution is -2.34. The van der Waals surface area contributed by atoms with Crippen LogP contribution in [0.1, 0.15) is 43.5 Å². The van der Waals surface area contributed by atoms with Crippen LogP contribution in [0, 0.1) is 5.92 Å². The predicted molar refractivity (Wildman–Crippen MR) is 143 cm³/mol. The van der Waals surface area contributed by atoms with Gasteiger partial charge in [-0.2, -0.15) is 4.98 Å². The Morgan fingerprint density at radius 2 is 1.91 bits per heavy atom. The third-order valence-corrected chi connectivity index (χ3v) is 6.66. The first kappa shape index (κ1) is 25.5. The molecule has 0 saturated heterocycles. The first-order valence-electron chi connectivity index (χ1n) is 11.3. The second kappa shape index (κ2) is 11.8. The zero-order valence-electron chi connectivity index (χ0n) is 19.1. The highest BCUT2D eigenvalue weighted by atomic mass is 32.2. The summed E-state index contributed by atoms with van der Waals surface area (Å²) >= 11 is 1.36. The van der Waals surface area contributed by atoms with Gasteiger partial charge in [-0.25, -0.2) is 9.97 Å². The van der Waals surface area contributed by atoms with Crippen LogP contribution in [0.4, 0.5) is 11.8 Å². The fourth-order valence-electron chi connectivity index (χ4n) is 4.23. The summed E-state index contributed by atoms with van der Waals surface area (Å²) in [7, 11) is 4.01. The van der Waals surface area contributed by atoms with Gasteiger partial charge < -0.3 is 15.5 Å². The highest BCUT2D eigenvalue weighted by Gasteiger charge is 2.23. The highest BCUT2D eigenvalue weighted by Crippen LogP contribution is 2.28. The maximum Gasteiger partial charge on any atom is 0.254 e. The zero-order valence-corrected chi connectivity index (χ0v) is 19.9. The summed E-state index contributed by atoms with van der Waals surface area (Å²) in [6.45, 7) is 4.39. The van der Waals surface area contributed by atoms with Gasteiger partial charge in [-0.1, -0.05) is 37.9 Å². The van der Waals surface area contributed by atoms with Gasteiger partial charge in [0.05, 0.1) is 11.1 Å². The predicted octanol–water partition coefficient (Wildman–Crippen LogP) is 5.36. The van der Waals surface area contributed by atoms with Gasteiger partial charge in [-0.3, -0.25) is 4.79 Å². The summed E-state index contributed by atoms with van der Waals surface area (Å²) in [4.78, 5) is 28.4. The van der Waals surface area contributed by atoms with E-state index in [1.165, 1.54) is 11.8 Å². The smallest absolute Gasteiger partial charge is 0.254 e. The SMILES string of the molecule is C.C=CSc1ncccc1C(=O)NCC1CCC(Nc2nc(N(C)C)c3ccccc3n2)CC1. The quantitative estimate of drug-likeness (QED) is 0.422. The van der Waals surface area contributed by atoms with Gasteiger partial charge in [0.1, 0.15) is 10.8 Å². The molecule has 2 aromatic heterocycles. The summed E-state index contributed by atoms with van der Waals surface area (Å²) in [6.07, 6.45) is 5.84. The van der Waals surface area contributed by atoms with Crippen LogP contribution in [0.25, 0.3) is 10.9 Å². The second-order valence-corrected chi connectivity index (χ2v) is 9.45. The summed E-state index contributed by atoms with van der Waals surface area (Å²) in [5.74, 6) is 1.99. The van der Waals surface area contributed by atoms with Gasteiger partial charge in [0.15, 0.2) is 0 Å². The molecule has 0 unspecified atom stereocenters. The molecular formula is C26H34N6OS. The molecule has 8 heteroatoms. The minimum Gasteiger partial charge on any atom is -0.362 e. The molecule has 0 radical (unpaired) electrons. The maximum atomic E-state index is 12.7. The molecule has 0 aliphatic heterocycles. The Balaban J connectivity index is 0.00000324. The zero-order chi connectivity index (χ0) is 23.2. The van der Waals surface area contributed by atoms with Crippen LogP contribution in [0.2, 0.25) is 0 Å². The molecule has 1 saturated carbocycles. The van der Waals surface area contributed by atoms with E-state index in [2.05, 4.69) is 28.3 Å². The molecule has 1 fully saturated rings. The average molecular weight is 479 g/mol. The van der Waals surface area contributed by atoms with Crippen molar-refractivity contribution in [2.45, 2.75) is 44.2 Å². The molecule has 0 bridgehead atoms. The number of carbonyl (C=O) groups excluding carboxylic acids is 1. The van der Waals surface area contributed by atoms with Gasteiger partial charge in [0.25, 0.3) is 5.91 Å². The number of amides is 1. The number of anilines is 2. The molecular weight excluding hydrogens is 444 g/mol. The van der Waals surface area contributed by atoms with Crippen molar-refractivity contribution in [2.75, 3.05) is 30.9 Å². The second-order valence-electron chi connectivity index (χ2n) is 8.50. The van der Waals surface area contributed by atoms with E-state index in [9.17, 15) is 4.79 Å². The molecule has 0 spiro atoms. The number of hydrogen-bond acceptors (Lipinski definition) is 7. The average Bonchev–Trinajstić information content (AvgIpc) is 2.83. The van der Waals surface area contributed by atoms with Crippen molar-refractivity contribution in [1.29, 1.82) is 0 Å². The van der Waals surface area contributed by atoms with E-state index in [0.717, 1.165) is 42.4 Å². The lowest BCUT2D eigenvalue weighted by molar-refractivity contribution is 0.0939. The Hall–Kier alpha value is -3.13. The van der Waals surface area contributed by atoms with E-state index in [-0.39, 0.29) is 13.3 Å². The molecule has 2 heterocycles. The maximum absolute atomic E-state index is 12.7. The van der Waals surface area contributed by atoms with Crippen molar-refractivity contribution in [3.05, 3.63) is 60.1 Å². The lowest BCUT2D eigenvalue weighted by atomic mass is 9.86. The van der Waals surface area contributed by atoms with Crippen LogP contribution in [-0.2, 0) is 0 Å². The summed E-state index contributed by atoms with van der Waals surface area (Å²) in [6, 6.07) is 12.0. The Kier molecular flexibility index (Phi) is 8.87. The fraction of sp³-hybridized carbons (Fsp3) is 0.385. The number of carbonyl (C=O) groups is 1. The molecule has 34 heavy (non-hydrogen) atoms. The molecule has 7 nitrogen and oxygen atoms in total. The Morgan fingerprint density at radius 1 is 1.15 bits per heavy atom. The Morgan fingerprint density at radius 3 is 2.65 bits per heavy atom. The molecule has 180 valence electrons. The van der Waals surface area contributed by atoms with E-state index in [1.807, 2.05) is 37.2 Å². The van der Waals surface area contributed by atoms with E-state index in [4.69, 9.17) is 9.97 Å². The van der Waals surface area contributed by atoms with Crippen molar-refractivity contribution in [3.63, 3.8) is 0 Å². The number of aromatic nitrogens is 3. The van der Waals surface area contributed by atoms with Crippen molar-refractivity contribution in [2.24, 2.45) is 5.92 Å². The summed E-state index contributed by atoms with van der Waals surface area (Å²) in [5, 5.41) is 10.1. The van der Waals surface area contributed by atoms with Crippen molar-refractivity contribution in [1.82, 2.24) is 20.3 Å². The van der Waals surface area contributed by atoms with Gasteiger partial charge >= 0.3 is 0 Å². The van der Waals surface area contributed by atoms with Crippen LogP contribution in [0.5, 0.6) is 0 Å². The molecule has 1 amide bonds. The fourth-order valence-corrected chi connectivity index (χ4v) is 4.79. The number of nitrogens with one attached hydrogen (secondary N) is 2. The normalized spacial score (nSPS) is 17.5. The van der Waals surface area contributed by atoms with Crippen LogP contribution < -0.4 is 15.5 Å². The van der Waals surface area contributed by atoms with Crippen LogP contribution in [0.3, 0.4) is 0 Å². The third-order valence-electron chi connectivity index (χ3n) is 5.95. The van der Waals surface area contributed by atoms with Gasteiger partial charge in [-0.15, -0.1) is 0 Å². The number of para-hydroxylation sites is 1. The summed E-state index contributed by atoms with van der Waals surface area (Å²) in [5.41, 5.74) is 1.54. The summed E-state index contributed by atoms with van der Waals surface area (Å²) < 4.78 is 0. The standard InChI is InChI=1S/C25H30N6OS.CH4/c1-4-33-24-20(9-7-15-26-24)23(32)27-16-17-11-13-18(14-12-17)28-25-29-21-10-6-5-8-19(21)22(30-25)31(2)3;/h4-10,15,17-18H,1,11-14,16H2,2-3H3,(H,27,32)(H,28,29,30);1H4. The number of pyridine rings is 1. The highest BCUT2D eigenvalue weighted by molar-refractivity contribution is 8.02. The van der Waals surface area contributed by atoms with Gasteiger partial charge in [0.2, 0.25) is 5.95 Å². The van der Waals surface area contributed by atoms with Crippen molar-refractivity contribution < 1.29 is 4.79 Å². The molecule has 0 atom stereocenters. The van der Waals surface area contributed by atoms with Crippen molar-refractivity contribution >= 4 is 40.3 Å². The Bertz CT molecular complexity index is 1130. The third kappa shape index (κ3) is 6.05. The topological polar surface area (TPSA) is 83.0 Å². The lowest BCUT2D eigenvalue weighted by Gasteiger charge is -2.29. The number of nitrogens with zero attached hydrogens (tertiary/aromatic N) is 4. The first-order chi connectivity index (χ1) is 16.0. The first-order valence-corrected chi connectivity index (χ1v) is 12.1. The molecule has 1 aliphatic rings. The van der Waals surface area contributed by atoms with Gasteiger partial charge in [-0.05, 0) is 61.3 Å². The minimum atomic E-state index is -0.0755. The molecule has 4 rings (SSSR count). The number of benzene rings is 1. The number of hydrogen-bond donors (Lipinski definition) is 2. The largest absolute Gasteiger partial charge is 0.362 e. The number of rotatable bonds is 8. The van der Waals surface area contributed by atoms with E-state index in [0.29, 0.717) is 35.0 Å². The van der Waals surface area contributed by atoms with E-state index >= 15 is 0 Å². The molecule has 2 N–H and O–H groups in total. The number of thioether (sulfide) groups is 1. The van der Waals surface area contributed by atoms with Crippen molar-refractivity contribution in [3.8, 4) is 0 Å². The van der Waals surface area contributed by atoms with Gasteiger partial charge in [0, 0.05) is 38.3 Å². The van der Waals surface area contributed by atoms with E-state index in [1.54, 1.807) is 23.7 Å². The monoisotopic (exact) mass is 478 g/mol. The molecule has 3 aromatic rings. The van der Waals surface area contributed by atoms with Crippen LogP contribution in [-0.4, -0.2) is 47.5 Å². The molecule has 1 aromatic carbocycles. The van der Waals surface area contributed by atoms with Crippen LogP contribution in [0.15, 0.2) is 59.6 Å². The molecule has 1 aliphatic carbocycles. The van der Waals surface area contributed by atoms with Crippen LogP contribution >= 0.6 is 11.8 Å². The Labute approximate surface area is 206 Å². The minimum absolute atomic E-state index is 0. The number of fused-ring (bicyclic) bond motifs is 1. The van der Waals surface area contributed by atoms with E-state index < -0.39 is 0 Å².